The van der Waals surface area contributed by atoms with E-state index in [1.807, 2.05) is 17.0 Å². The van der Waals surface area contributed by atoms with Crippen LogP contribution in [0.5, 0.6) is 0 Å². The van der Waals surface area contributed by atoms with E-state index in [9.17, 15) is 4.79 Å². The molecule has 0 aliphatic carbocycles. The zero-order valence-electron chi connectivity index (χ0n) is 13.5. The van der Waals surface area contributed by atoms with Crippen LogP contribution in [0.25, 0.3) is 0 Å². The molecule has 6 heteroatoms. The largest absolute Gasteiger partial charge is 0.385 e. The molecule has 2 rings (SSSR count). The lowest BCUT2D eigenvalue weighted by atomic mass is 9.95. The summed E-state index contributed by atoms with van der Waals surface area (Å²) in [5, 5.41) is 0. The van der Waals surface area contributed by atoms with Gasteiger partial charge in [-0.05, 0) is 49.4 Å². The quantitative estimate of drug-likeness (QED) is 0.759. The van der Waals surface area contributed by atoms with E-state index in [-0.39, 0.29) is 24.2 Å². The van der Waals surface area contributed by atoms with Crippen molar-refractivity contribution in [2.24, 2.45) is 17.6 Å². The van der Waals surface area contributed by atoms with Gasteiger partial charge in [-0.25, -0.2) is 0 Å². The molecule has 1 fully saturated rings. The third-order valence-corrected chi connectivity index (χ3v) is 4.81. The van der Waals surface area contributed by atoms with Gasteiger partial charge in [0.1, 0.15) is 0 Å². The lowest BCUT2D eigenvalue weighted by Crippen LogP contribution is -2.36. The van der Waals surface area contributed by atoms with Gasteiger partial charge in [0.15, 0.2) is 0 Å². The molecule has 0 radical (unpaired) electrons. The molecule has 0 bridgehead atoms. The summed E-state index contributed by atoms with van der Waals surface area (Å²) >= 11 is 3.49. The SMILES string of the molecule is COCCC(Cc1cccc(Br)c1)C(=O)N1CCC(CN)C1.Cl. The van der Waals surface area contributed by atoms with E-state index < -0.39 is 0 Å². The fourth-order valence-corrected chi connectivity index (χ4v) is 3.45. The van der Waals surface area contributed by atoms with E-state index >= 15 is 0 Å². The summed E-state index contributed by atoms with van der Waals surface area (Å²) < 4.78 is 6.24. The molecule has 2 atom stereocenters. The Morgan fingerprint density at radius 3 is 2.91 bits per heavy atom. The highest BCUT2D eigenvalue weighted by molar-refractivity contribution is 9.10. The fourth-order valence-electron chi connectivity index (χ4n) is 3.00. The zero-order valence-corrected chi connectivity index (χ0v) is 15.9. The second-order valence-corrected chi connectivity index (χ2v) is 6.90. The number of hydrogen-bond donors (Lipinski definition) is 1. The number of rotatable bonds is 7. The average molecular weight is 406 g/mol. The first-order chi connectivity index (χ1) is 10.6. The monoisotopic (exact) mass is 404 g/mol. The first-order valence-electron chi connectivity index (χ1n) is 7.86. The van der Waals surface area contributed by atoms with Crippen LogP contribution in [0.4, 0.5) is 0 Å². The minimum atomic E-state index is -0.0224. The van der Waals surface area contributed by atoms with Gasteiger partial charge in [-0.1, -0.05) is 28.1 Å². The number of ether oxygens (including phenoxy) is 1. The van der Waals surface area contributed by atoms with Crippen molar-refractivity contribution in [1.82, 2.24) is 4.90 Å². The molecule has 23 heavy (non-hydrogen) atoms. The summed E-state index contributed by atoms with van der Waals surface area (Å²) in [6, 6.07) is 8.17. The van der Waals surface area contributed by atoms with Gasteiger partial charge < -0.3 is 15.4 Å². The number of carbonyl (C=O) groups is 1. The zero-order chi connectivity index (χ0) is 15.9. The molecule has 1 aliphatic rings. The Bertz CT molecular complexity index is 501. The van der Waals surface area contributed by atoms with E-state index in [1.54, 1.807) is 7.11 Å². The molecule has 2 unspecified atom stereocenters. The third-order valence-electron chi connectivity index (χ3n) is 4.32. The van der Waals surface area contributed by atoms with Crippen molar-refractivity contribution in [1.29, 1.82) is 0 Å². The second kappa shape index (κ2) is 10.3. The maximum absolute atomic E-state index is 12.8. The maximum Gasteiger partial charge on any atom is 0.226 e. The van der Waals surface area contributed by atoms with Crippen molar-refractivity contribution >= 4 is 34.2 Å². The van der Waals surface area contributed by atoms with Gasteiger partial charge in [-0.2, -0.15) is 0 Å². The average Bonchev–Trinajstić information content (AvgIpc) is 3.00. The Morgan fingerprint density at radius 2 is 2.30 bits per heavy atom. The Labute approximate surface area is 153 Å². The van der Waals surface area contributed by atoms with Crippen LogP contribution in [0.3, 0.4) is 0 Å². The van der Waals surface area contributed by atoms with Crippen LogP contribution in [0.2, 0.25) is 0 Å². The van der Waals surface area contributed by atoms with Crippen LogP contribution in [-0.4, -0.2) is 44.2 Å². The van der Waals surface area contributed by atoms with Crippen LogP contribution >= 0.6 is 28.3 Å². The molecule has 0 saturated carbocycles. The number of likely N-dealkylation sites (tertiary alicyclic amines) is 1. The minimum Gasteiger partial charge on any atom is -0.385 e. The first kappa shape index (κ1) is 20.4. The van der Waals surface area contributed by atoms with Crippen LogP contribution in [0.1, 0.15) is 18.4 Å². The van der Waals surface area contributed by atoms with Crippen LogP contribution < -0.4 is 5.73 Å². The van der Waals surface area contributed by atoms with E-state index in [4.69, 9.17) is 10.5 Å². The van der Waals surface area contributed by atoms with E-state index in [0.29, 0.717) is 19.1 Å². The van der Waals surface area contributed by atoms with Crippen LogP contribution in [0.15, 0.2) is 28.7 Å². The number of hydrogen-bond acceptors (Lipinski definition) is 3. The lowest BCUT2D eigenvalue weighted by molar-refractivity contribution is -0.135. The highest BCUT2D eigenvalue weighted by Gasteiger charge is 2.30. The molecule has 0 aromatic heterocycles. The van der Waals surface area contributed by atoms with Gasteiger partial charge >= 0.3 is 0 Å². The van der Waals surface area contributed by atoms with Gasteiger partial charge in [-0.15, -0.1) is 12.4 Å². The van der Waals surface area contributed by atoms with Crippen molar-refractivity contribution in [2.45, 2.75) is 19.3 Å². The van der Waals surface area contributed by atoms with Crippen LogP contribution in [0, 0.1) is 11.8 Å². The molecular formula is C17H26BrClN2O2. The second-order valence-electron chi connectivity index (χ2n) is 5.99. The summed E-state index contributed by atoms with van der Waals surface area (Å²) in [7, 11) is 1.68. The normalized spacial score (nSPS) is 18.6. The van der Waals surface area contributed by atoms with Crippen LogP contribution in [-0.2, 0) is 16.0 Å². The number of halogens is 2. The van der Waals surface area contributed by atoms with Crippen molar-refractivity contribution in [3.63, 3.8) is 0 Å². The van der Waals surface area contributed by atoms with E-state index in [1.165, 1.54) is 5.56 Å². The van der Waals surface area contributed by atoms with Gasteiger partial charge in [0.2, 0.25) is 5.91 Å². The molecule has 1 aromatic rings. The number of methoxy groups -OCH3 is 1. The standard InChI is InChI=1S/C17H25BrN2O2.ClH/c1-22-8-6-15(9-13-3-2-4-16(18)10-13)17(21)20-7-5-14(11-19)12-20;/h2-4,10,14-15H,5-9,11-12,19H2,1H3;1H. The van der Waals surface area contributed by atoms with Gasteiger partial charge in [0.05, 0.1) is 0 Å². The molecule has 1 saturated heterocycles. The Balaban J connectivity index is 0.00000264. The van der Waals surface area contributed by atoms with Crippen molar-refractivity contribution in [3.8, 4) is 0 Å². The Kier molecular flexibility index (Phi) is 9.14. The lowest BCUT2D eigenvalue weighted by Gasteiger charge is -2.23. The molecule has 2 N–H and O–H groups in total. The molecular weight excluding hydrogens is 380 g/mol. The molecule has 0 spiro atoms. The summed E-state index contributed by atoms with van der Waals surface area (Å²) in [4.78, 5) is 14.8. The minimum absolute atomic E-state index is 0. The molecule has 1 aliphatic heterocycles. The number of carbonyl (C=O) groups excluding carboxylic acids is 1. The molecule has 1 amide bonds. The Morgan fingerprint density at radius 1 is 1.52 bits per heavy atom. The topological polar surface area (TPSA) is 55.6 Å². The Hall–Kier alpha value is -0.620. The molecule has 1 heterocycles. The highest BCUT2D eigenvalue weighted by Crippen LogP contribution is 2.22. The predicted octanol–water partition coefficient (Wildman–Crippen LogP) is 2.87. The summed E-state index contributed by atoms with van der Waals surface area (Å²) in [6.07, 6.45) is 2.53. The highest BCUT2D eigenvalue weighted by atomic mass is 79.9. The third kappa shape index (κ3) is 6.07. The van der Waals surface area contributed by atoms with Gasteiger partial charge in [-0.3, -0.25) is 4.79 Å². The van der Waals surface area contributed by atoms with Crippen molar-refractivity contribution in [2.75, 3.05) is 33.4 Å². The van der Waals surface area contributed by atoms with Gasteiger partial charge in [0, 0.05) is 37.2 Å². The maximum atomic E-state index is 12.8. The number of benzene rings is 1. The van der Waals surface area contributed by atoms with Gasteiger partial charge in [0.25, 0.3) is 0 Å². The van der Waals surface area contributed by atoms with E-state index in [2.05, 4.69) is 28.1 Å². The summed E-state index contributed by atoms with van der Waals surface area (Å²) in [5.74, 6) is 0.677. The summed E-state index contributed by atoms with van der Waals surface area (Å²) in [5.41, 5.74) is 6.91. The smallest absolute Gasteiger partial charge is 0.226 e. The number of nitrogens with zero attached hydrogens (tertiary/aromatic N) is 1. The number of nitrogens with two attached hydrogens (primary N) is 1. The fraction of sp³-hybridized carbons (Fsp3) is 0.588. The summed E-state index contributed by atoms with van der Waals surface area (Å²) in [6.45, 7) is 2.91. The van der Waals surface area contributed by atoms with Crippen molar-refractivity contribution < 1.29 is 9.53 Å². The van der Waals surface area contributed by atoms with E-state index in [0.717, 1.165) is 36.8 Å². The first-order valence-corrected chi connectivity index (χ1v) is 8.65. The predicted molar refractivity (Wildman–Crippen MR) is 98.8 cm³/mol. The molecule has 4 nitrogen and oxygen atoms in total. The van der Waals surface area contributed by atoms with Crippen molar-refractivity contribution in [3.05, 3.63) is 34.3 Å². The molecule has 130 valence electrons. The molecule has 1 aromatic carbocycles. The number of amides is 1.